The van der Waals surface area contributed by atoms with E-state index in [9.17, 15) is 14.0 Å². The lowest BCUT2D eigenvalue weighted by Crippen LogP contribution is -2.33. The number of rotatable bonds is 4. The van der Waals surface area contributed by atoms with Crippen LogP contribution in [0.15, 0.2) is 18.2 Å². The third-order valence-corrected chi connectivity index (χ3v) is 3.24. The van der Waals surface area contributed by atoms with Gasteiger partial charge in [-0.3, -0.25) is 4.79 Å². The van der Waals surface area contributed by atoms with Crippen LogP contribution in [0.3, 0.4) is 0 Å². The van der Waals surface area contributed by atoms with Crippen molar-refractivity contribution in [3.8, 4) is 0 Å². The van der Waals surface area contributed by atoms with Crippen LogP contribution >= 0.6 is 0 Å². The number of nitrogens with one attached hydrogen (secondary N) is 1. The van der Waals surface area contributed by atoms with Crippen molar-refractivity contribution in [1.82, 2.24) is 5.32 Å². The highest BCUT2D eigenvalue weighted by molar-refractivity contribution is 5.94. The molecule has 108 valence electrons. The standard InChI is InChI=1S/C14H16FNO4/c1-8-2-4-11(15)10(6-8)13(17)16-7-9-3-5-12(20-9)14(18)19/h2,4,6,9,12H,3,5,7H2,1H3,(H,16,17)(H,18,19). The van der Waals surface area contributed by atoms with E-state index in [0.717, 1.165) is 5.56 Å². The van der Waals surface area contributed by atoms with E-state index in [-0.39, 0.29) is 18.2 Å². The van der Waals surface area contributed by atoms with Crippen molar-refractivity contribution < 1.29 is 23.8 Å². The molecule has 0 aliphatic carbocycles. The van der Waals surface area contributed by atoms with Gasteiger partial charge in [-0.25, -0.2) is 9.18 Å². The van der Waals surface area contributed by atoms with Crippen LogP contribution in [0.25, 0.3) is 0 Å². The minimum Gasteiger partial charge on any atom is -0.479 e. The van der Waals surface area contributed by atoms with E-state index in [0.29, 0.717) is 12.8 Å². The summed E-state index contributed by atoms with van der Waals surface area (Å²) in [6.45, 7) is 1.95. The van der Waals surface area contributed by atoms with Gasteiger partial charge in [0.2, 0.25) is 0 Å². The Morgan fingerprint density at radius 1 is 1.45 bits per heavy atom. The lowest BCUT2D eigenvalue weighted by molar-refractivity contribution is -0.149. The molecule has 6 heteroatoms. The summed E-state index contributed by atoms with van der Waals surface area (Å²) in [4.78, 5) is 22.6. The van der Waals surface area contributed by atoms with Crippen molar-refractivity contribution in [2.45, 2.75) is 32.0 Å². The SMILES string of the molecule is Cc1ccc(F)c(C(=O)NCC2CCC(C(=O)O)O2)c1. The first-order valence-corrected chi connectivity index (χ1v) is 6.40. The fourth-order valence-electron chi connectivity index (χ4n) is 2.15. The number of carboxylic acids is 1. The van der Waals surface area contributed by atoms with Gasteiger partial charge in [0.15, 0.2) is 6.10 Å². The number of carbonyl (C=O) groups is 2. The first kappa shape index (κ1) is 14.5. The summed E-state index contributed by atoms with van der Waals surface area (Å²) in [5, 5.41) is 11.4. The van der Waals surface area contributed by atoms with Gasteiger partial charge in [-0.05, 0) is 31.9 Å². The van der Waals surface area contributed by atoms with Crippen molar-refractivity contribution in [2.75, 3.05) is 6.54 Å². The minimum absolute atomic E-state index is 0.0159. The highest BCUT2D eigenvalue weighted by Gasteiger charge is 2.30. The van der Waals surface area contributed by atoms with Crippen LogP contribution in [-0.4, -0.2) is 35.7 Å². The molecule has 1 heterocycles. The highest BCUT2D eigenvalue weighted by atomic mass is 19.1. The lowest BCUT2D eigenvalue weighted by Gasteiger charge is -2.12. The number of hydrogen-bond donors (Lipinski definition) is 2. The zero-order valence-electron chi connectivity index (χ0n) is 11.1. The number of halogens is 1. The fourth-order valence-corrected chi connectivity index (χ4v) is 2.15. The highest BCUT2D eigenvalue weighted by Crippen LogP contribution is 2.19. The summed E-state index contributed by atoms with van der Waals surface area (Å²) < 4.78 is 18.8. The number of carbonyl (C=O) groups excluding carboxylic acids is 1. The Hall–Kier alpha value is -1.95. The molecule has 2 rings (SSSR count). The van der Waals surface area contributed by atoms with Crippen molar-refractivity contribution in [3.63, 3.8) is 0 Å². The lowest BCUT2D eigenvalue weighted by atomic mass is 10.1. The molecule has 2 unspecified atom stereocenters. The molecule has 1 aromatic rings. The summed E-state index contributed by atoms with van der Waals surface area (Å²) in [6, 6.07) is 4.31. The molecule has 1 fully saturated rings. The summed E-state index contributed by atoms with van der Waals surface area (Å²) in [6.07, 6.45) is -0.164. The molecular weight excluding hydrogens is 265 g/mol. The third kappa shape index (κ3) is 3.33. The third-order valence-electron chi connectivity index (χ3n) is 3.24. The molecule has 0 bridgehead atoms. The smallest absolute Gasteiger partial charge is 0.332 e. The number of amides is 1. The van der Waals surface area contributed by atoms with E-state index in [1.165, 1.54) is 12.1 Å². The summed E-state index contributed by atoms with van der Waals surface area (Å²) in [5.74, 6) is -2.10. The second kappa shape index (κ2) is 6.00. The van der Waals surface area contributed by atoms with E-state index in [1.54, 1.807) is 13.0 Å². The van der Waals surface area contributed by atoms with E-state index in [1.807, 2.05) is 0 Å². The number of ether oxygens (including phenoxy) is 1. The Labute approximate surface area is 115 Å². The molecular formula is C14H16FNO4. The zero-order chi connectivity index (χ0) is 14.7. The molecule has 0 radical (unpaired) electrons. The van der Waals surface area contributed by atoms with Crippen LogP contribution in [0.2, 0.25) is 0 Å². The first-order chi connectivity index (χ1) is 9.47. The van der Waals surface area contributed by atoms with Crippen LogP contribution in [0.1, 0.15) is 28.8 Å². The Bertz CT molecular complexity index is 532. The van der Waals surface area contributed by atoms with Crippen molar-refractivity contribution >= 4 is 11.9 Å². The maximum absolute atomic E-state index is 13.5. The van der Waals surface area contributed by atoms with Crippen LogP contribution in [0.5, 0.6) is 0 Å². The molecule has 5 nitrogen and oxygen atoms in total. The number of hydrogen-bond acceptors (Lipinski definition) is 3. The molecule has 1 aliphatic heterocycles. The van der Waals surface area contributed by atoms with Gasteiger partial charge in [0.05, 0.1) is 11.7 Å². The maximum atomic E-state index is 13.5. The predicted molar refractivity (Wildman–Crippen MR) is 69.0 cm³/mol. The van der Waals surface area contributed by atoms with E-state index >= 15 is 0 Å². The molecule has 1 saturated heterocycles. The van der Waals surface area contributed by atoms with Crippen LogP contribution in [0.4, 0.5) is 4.39 Å². The largest absolute Gasteiger partial charge is 0.479 e. The van der Waals surface area contributed by atoms with Gasteiger partial charge >= 0.3 is 5.97 Å². The number of aryl methyl sites for hydroxylation is 1. The summed E-state index contributed by atoms with van der Waals surface area (Å²) >= 11 is 0. The predicted octanol–water partition coefficient (Wildman–Crippen LogP) is 1.50. The molecule has 0 saturated carbocycles. The van der Waals surface area contributed by atoms with E-state index in [4.69, 9.17) is 9.84 Å². The van der Waals surface area contributed by atoms with Gasteiger partial charge in [0.25, 0.3) is 5.91 Å². The van der Waals surface area contributed by atoms with Crippen molar-refractivity contribution in [3.05, 3.63) is 35.1 Å². The minimum atomic E-state index is -0.997. The van der Waals surface area contributed by atoms with Crippen molar-refractivity contribution in [2.24, 2.45) is 0 Å². The van der Waals surface area contributed by atoms with Crippen LogP contribution in [-0.2, 0) is 9.53 Å². The summed E-state index contributed by atoms with van der Waals surface area (Å²) in [7, 11) is 0. The Morgan fingerprint density at radius 2 is 2.20 bits per heavy atom. The number of carboxylic acid groups (broad SMARTS) is 1. The summed E-state index contributed by atoms with van der Waals surface area (Å²) in [5.41, 5.74) is 0.775. The quantitative estimate of drug-likeness (QED) is 0.877. The monoisotopic (exact) mass is 281 g/mol. The molecule has 1 aliphatic rings. The van der Waals surface area contributed by atoms with Gasteiger partial charge < -0.3 is 15.2 Å². The molecule has 0 spiro atoms. The number of aliphatic carboxylic acids is 1. The van der Waals surface area contributed by atoms with Gasteiger partial charge in [0.1, 0.15) is 5.82 Å². The maximum Gasteiger partial charge on any atom is 0.332 e. The zero-order valence-corrected chi connectivity index (χ0v) is 11.1. The van der Waals surface area contributed by atoms with Crippen LogP contribution in [0, 0.1) is 12.7 Å². The van der Waals surface area contributed by atoms with Gasteiger partial charge in [-0.1, -0.05) is 11.6 Å². The fraction of sp³-hybridized carbons (Fsp3) is 0.429. The Kier molecular flexibility index (Phi) is 4.34. The number of benzene rings is 1. The van der Waals surface area contributed by atoms with Gasteiger partial charge in [-0.2, -0.15) is 0 Å². The molecule has 2 N–H and O–H groups in total. The molecule has 2 atom stereocenters. The van der Waals surface area contributed by atoms with E-state index < -0.39 is 23.8 Å². The average molecular weight is 281 g/mol. The van der Waals surface area contributed by atoms with Crippen molar-refractivity contribution in [1.29, 1.82) is 0 Å². The Balaban J connectivity index is 1.90. The Morgan fingerprint density at radius 3 is 2.85 bits per heavy atom. The second-order valence-electron chi connectivity index (χ2n) is 4.86. The van der Waals surface area contributed by atoms with Crippen LogP contribution < -0.4 is 5.32 Å². The molecule has 20 heavy (non-hydrogen) atoms. The average Bonchev–Trinajstić information content (AvgIpc) is 2.88. The molecule has 1 aromatic carbocycles. The van der Waals surface area contributed by atoms with E-state index in [2.05, 4.69) is 5.32 Å². The topological polar surface area (TPSA) is 75.6 Å². The molecule has 1 amide bonds. The molecule has 0 aromatic heterocycles. The second-order valence-corrected chi connectivity index (χ2v) is 4.86. The normalized spacial score (nSPS) is 21.7. The first-order valence-electron chi connectivity index (χ1n) is 6.40. The van der Waals surface area contributed by atoms with Gasteiger partial charge in [-0.15, -0.1) is 0 Å². The van der Waals surface area contributed by atoms with Gasteiger partial charge in [0, 0.05) is 6.54 Å².